The van der Waals surface area contributed by atoms with Gasteiger partial charge in [-0.05, 0) is 28.5 Å². The number of amides is 1. The van der Waals surface area contributed by atoms with E-state index in [0.717, 1.165) is 11.1 Å². The van der Waals surface area contributed by atoms with Crippen LogP contribution in [0.5, 0.6) is 0 Å². The fraction of sp³-hybridized carbons (Fsp3) is 0.350. The van der Waals surface area contributed by atoms with Crippen LogP contribution < -0.4 is 11.1 Å². The van der Waals surface area contributed by atoms with E-state index in [-0.39, 0.29) is 11.3 Å². The molecule has 2 rings (SSSR count). The summed E-state index contributed by atoms with van der Waals surface area (Å²) in [5.41, 5.74) is 9.56. The van der Waals surface area contributed by atoms with E-state index in [1.165, 1.54) is 5.56 Å². The number of rotatable bonds is 5. The van der Waals surface area contributed by atoms with Crippen LogP contribution in [-0.4, -0.2) is 11.9 Å². The number of carbonyl (C=O) groups is 1. The van der Waals surface area contributed by atoms with Gasteiger partial charge in [0.05, 0.1) is 6.04 Å². The van der Waals surface area contributed by atoms with Crippen molar-refractivity contribution < 1.29 is 4.79 Å². The molecule has 1 atom stereocenters. The Morgan fingerprint density at radius 3 is 2.17 bits per heavy atom. The lowest BCUT2D eigenvalue weighted by atomic mass is 9.87. The molecule has 0 saturated carbocycles. The monoisotopic (exact) mass is 310 g/mol. The fourth-order valence-electron chi connectivity index (χ4n) is 2.40. The third-order valence-electron chi connectivity index (χ3n) is 3.92. The molecular formula is C20H26N2O. The molecule has 0 unspecified atom stereocenters. The average Bonchev–Trinajstić information content (AvgIpc) is 2.53. The molecule has 122 valence electrons. The van der Waals surface area contributed by atoms with Crippen LogP contribution in [0.4, 0.5) is 0 Å². The van der Waals surface area contributed by atoms with Gasteiger partial charge >= 0.3 is 0 Å². The zero-order valence-corrected chi connectivity index (χ0v) is 14.2. The van der Waals surface area contributed by atoms with Gasteiger partial charge < -0.3 is 11.1 Å². The molecule has 0 aliphatic rings. The van der Waals surface area contributed by atoms with Crippen LogP contribution in [0.25, 0.3) is 0 Å². The smallest absolute Gasteiger partial charge is 0.237 e. The molecule has 3 heteroatoms. The molecule has 0 spiro atoms. The minimum Gasteiger partial charge on any atom is -0.351 e. The molecule has 23 heavy (non-hydrogen) atoms. The zero-order valence-electron chi connectivity index (χ0n) is 14.2. The Labute approximate surface area is 138 Å². The Hall–Kier alpha value is -2.13. The summed E-state index contributed by atoms with van der Waals surface area (Å²) >= 11 is 0. The first-order valence-corrected chi connectivity index (χ1v) is 8.03. The standard InChI is InChI=1S/C20H26N2O/c1-20(2,3)17-11-9-16(10-12-17)14-22-19(23)18(21)13-15-7-5-4-6-8-15/h4-12,18H,13-14,21H2,1-3H3,(H,22,23)/t18-/m0/s1. The summed E-state index contributed by atoms with van der Waals surface area (Å²) in [7, 11) is 0. The Kier molecular flexibility index (Phi) is 5.56. The molecule has 0 bridgehead atoms. The molecule has 2 aromatic rings. The first-order chi connectivity index (χ1) is 10.9. The van der Waals surface area contributed by atoms with Crippen molar-refractivity contribution in [2.45, 2.75) is 45.2 Å². The largest absolute Gasteiger partial charge is 0.351 e. The lowest BCUT2D eigenvalue weighted by molar-refractivity contribution is -0.122. The van der Waals surface area contributed by atoms with Gasteiger partial charge in [-0.3, -0.25) is 4.79 Å². The molecule has 0 aliphatic carbocycles. The van der Waals surface area contributed by atoms with E-state index in [4.69, 9.17) is 5.73 Å². The van der Waals surface area contributed by atoms with Gasteiger partial charge in [0.15, 0.2) is 0 Å². The van der Waals surface area contributed by atoms with Crippen LogP contribution >= 0.6 is 0 Å². The van der Waals surface area contributed by atoms with Crippen LogP contribution in [-0.2, 0) is 23.2 Å². The summed E-state index contributed by atoms with van der Waals surface area (Å²) in [5.74, 6) is -0.117. The second-order valence-corrected chi connectivity index (χ2v) is 6.96. The average molecular weight is 310 g/mol. The van der Waals surface area contributed by atoms with E-state index in [0.29, 0.717) is 13.0 Å². The summed E-state index contributed by atoms with van der Waals surface area (Å²) in [5, 5.41) is 2.91. The van der Waals surface area contributed by atoms with Gasteiger partial charge in [-0.15, -0.1) is 0 Å². The van der Waals surface area contributed by atoms with Gasteiger partial charge in [-0.25, -0.2) is 0 Å². The molecule has 0 saturated heterocycles. The van der Waals surface area contributed by atoms with Gasteiger partial charge in [0.25, 0.3) is 0 Å². The second-order valence-electron chi connectivity index (χ2n) is 6.96. The highest BCUT2D eigenvalue weighted by Gasteiger charge is 2.15. The normalized spacial score (nSPS) is 12.7. The quantitative estimate of drug-likeness (QED) is 0.891. The molecule has 0 fully saturated rings. The van der Waals surface area contributed by atoms with Crippen LogP contribution in [0.3, 0.4) is 0 Å². The summed E-state index contributed by atoms with van der Waals surface area (Å²) in [6.07, 6.45) is 0.551. The molecule has 2 aromatic carbocycles. The zero-order chi connectivity index (χ0) is 16.9. The molecular weight excluding hydrogens is 284 g/mol. The molecule has 3 nitrogen and oxygen atoms in total. The summed E-state index contributed by atoms with van der Waals surface area (Å²) in [6.45, 7) is 7.07. The van der Waals surface area contributed by atoms with Crippen molar-refractivity contribution >= 4 is 5.91 Å². The summed E-state index contributed by atoms with van der Waals surface area (Å²) < 4.78 is 0. The Morgan fingerprint density at radius 2 is 1.61 bits per heavy atom. The number of nitrogens with one attached hydrogen (secondary N) is 1. The van der Waals surface area contributed by atoms with E-state index in [9.17, 15) is 4.79 Å². The molecule has 0 radical (unpaired) electrons. The van der Waals surface area contributed by atoms with Crippen molar-refractivity contribution in [1.29, 1.82) is 0 Å². The molecule has 0 aliphatic heterocycles. The Bertz CT molecular complexity index is 627. The van der Waals surface area contributed by atoms with Gasteiger partial charge in [-0.2, -0.15) is 0 Å². The van der Waals surface area contributed by atoms with Crippen molar-refractivity contribution in [2.24, 2.45) is 5.73 Å². The first-order valence-electron chi connectivity index (χ1n) is 8.03. The van der Waals surface area contributed by atoms with E-state index in [1.54, 1.807) is 0 Å². The minimum atomic E-state index is -0.522. The van der Waals surface area contributed by atoms with Crippen molar-refractivity contribution in [3.05, 3.63) is 71.3 Å². The van der Waals surface area contributed by atoms with E-state index < -0.39 is 6.04 Å². The van der Waals surface area contributed by atoms with Crippen molar-refractivity contribution in [3.63, 3.8) is 0 Å². The lowest BCUT2D eigenvalue weighted by Crippen LogP contribution is -2.41. The second kappa shape index (κ2) is 7.42. The van der Waals surface area contributed by atoms with Crippen LogP contribution in [0, 0.1) is 0 Å². The SMILES string of the molecule is CC(C)(C)c1ccc(CNC(=O)[C@@H](N)Cc2ccccc2)cc1. The highest BCUT2D eigenvalue weighted by Crippen LogP contribution is 2.22. The molecule has 3 N–H and O–H groups in total. The maximum atomic E-state index is 12.1. The highest BCUT2D eigenvalue weighted by atomic mass is 16.2. The third kappa shape index (κ3) is 5.22. The Morgan fingerprint density at radius 1 is 1.00 bits per heavy atom. The van der Waals surface area contributed by atoms with Gasteiger partial charge in [-0.1, -0.05) is 75.4 Å². The van der Waals surface area contributed by atoms with Crippen LogP contribution in [0.1, 0.15) is 37.5 Å². The maximum Gasteiger partial charge on any atom is 0.237 e. The van der Waals surface area contributed by atoms with Gasteiger partial charge in [0, 0.05) is 6.54 Å². The van der Waals surface area contributed by atoms with E-state index >= 15 is 0 Å². The van der Waals surface area contributed by atoms with Crippen molar-refractivity contribution in [3.8, 4) is 0 Å². The fourth-order valence-corrected chi connectivity index (χ4v) is 2.40. The number of hydrogen-bond donors (Lipinski definition) is 2. The number of hydrogen-bond acceptors (Lipinski definition) is 2. The first kappa shape index (κ1) is 17.2. The lowest BCUT2D eigenvalue weighted by Gasteiger charge is -2.19. The predicted octanol–water partition coefficient (Wildman–Crippen LogP) is 3.17. The number of benzene rings is 2. The Balaban J connectivity index is 1.86. The van der Waals surface area contributed by atoms with Gasteiger partial charge in [0.2, 0.25) is 5.91 Å². The number of carbonyl (C=O) groups excluding carboxylic acids is 1. The third-order valence-corrected chi connectivity index (χ3v) is 3.92. The van der Waals surface area contributed by atoms with Crippen molar-refractivity contribution in [2.75, 3.05) is 0 Å². The predicted molar refractivity (Wildman–Crippen MR) is 95.1 cm³/mol. The highest BCUT2D eigenvalue weighted by molar-refractivity contribution is 5.81. The van der Waals surface area contributed by atoms with E-state index in [1.807, 2.05) is 30.3 Å². The topological polar surface area (TPSA) is 55.1 Å². The van der Waals surface area contributed by atoms with Crippen molar-refractivity contribution in [1.82, 2.24) is 5.32 Å². The minimum absolute atomic E-state index is 0.117. The number of nitrogens with two attached hydrogens (primary N) is 1. The molecule has 0 heterocycles. The van der Waals surface area contributed by atoms with Gasteiger partial charge in [0.1, 0.15) is 0 Å². The van der Waals surface area contributed by atoms with Crippen LogP contribution in [0.2, 0.25) is 0 Å². The summed E-state index contributed by atoms with van der Waals surface area (Å²) in [6, 6.07) is 17.7. The van der Waals surface area contributed by atoms with E-state index in [2.05, 4.69) is 50.4 Å². The molecule has 0 aromatic heterocycles. The van der Waals surface area contributed by atoms with Crippen LogP contribution in [0.15, 0.2) is 54.6 Å². The maximum absolute atomic E-state index is 12.1. The molecule has 1 amide bonds. The summed E-state index contributed by atoms with van der Waals surface area (Å²) in [4.78, 5) is 12.1.